The Morgan fingerprint density at radius 2 is 2.14 bits per heavy atom. The van der Waals surface area contributed by atoms with Crippen molar-refractivity contribution in [2.75, 3.05) is 25.5 Å². The molecule has 0 unspecified atom stereocenters. The van der Waals surface area contributed by atoms with Crippen LogP contribution in [0.15, 0.2) is 30.6 Å². The molecule has 1 aromatic heterocycles. The Bertz CT molecular complexity index is 828. The molecule has 1 aromatic carbocycles. The van der Waals surface area contributed by atoms with Gasteiger partial charge in [-0.05, 0) is 56.2 Å². The van der Waals surface area contributed by atoms with Crippen molar-refractivity contribution in [3.05, 3.63) is 42.0 Å². The summed E-state index contributed by atoms with van der Waals surface area (Å²) in [6.07, 6.45) is 10.1. The fourth-order valence-corrected chi connectivity index (χ4v) is 4.27. The van der Waals surface area contributed by atoms with Gasteiger partial charge in [0.1, 0.15) is 11.6 Å². The lowest BCUT2D eigenvalue weighted by atomic mass is 9.85. The minimum absolute atomic E-state index is 0.0642. The molecule has 0 spiro atoms. The summed E-state index contributed by atoms with van der Waals surface area (Å²) in [5.74, 6) is 2.92. The molecule has 1 saturated heterocycles. The third-order valence-corrected chi connectivity index (χ3v) is 6.10. The normalized spacial score (nSPS) is 19.9. The summed E-state index contributed by atoms with van der Waals surface area (Å²) in [6, 6.07) is 5.75. The molecule has 2 aromatic rings. The summed E-state index contributed by atoms with van der Waals surface area (Å²) >= 11 is 0. The van der Waals surface area contributed by atoms with Crippen LogP contribution in [0, 0.1) is 12.8 Å². The van der Waals surface area contributed by atoms with Crippen molar-refractivity contribution >= 4 is 11.7 Å². The molecule has 4 rings (SSSR count). The van der Waals surface area contributed by atoms with Crippen molar-refractivity contribution in [1.82, 2.24) is 14.5 Å². The van der Waals surface area contributed by atoms with Crippen LogP contribution >= 0.6 is 0 Å². The van der Waals surface area contributed by atoms with E-state index in [1.54, 1.807) is 7.11 Å². The summed E-state index contributed by atoms with van der Waals surface area (Å²) in [5.41, 5.74) is 1.81. The molecule has 2 fully saturated rings. The maximum absolute atomic E-state index is 12.9. The molecule has 0 radical (unpaired) electrons. The summed E-state index contributed by atoms with van der Waals surface area (Å²) in [4.78, 5) is 19.5. The van der Waals surface area contributed by atoms with Crippen molar-refractivity contribution in [2.24, 2.45) is 5.92 Å². The molecule has 2 aliphatic rings. The lowest BCUT2D eigenvalue weighted by Gasteiger charge is -2.33. The highest BCUT2D eigenvalue weighted by atomic mass is 16.5. The number of methoxy groups -OCH3 is 1. The van der Waals surface area contributed by atoms with Gasteiger partial charge in [0.15, 0.2) is 0 Å². The highest BCUT2D eigenvalue weighted by molar-refractivity contribution is 5.91. The first-order chi connectivity index (χ1) is 13.6. The van der Waals surface area contributed by atoms with Gasteiger partial charge in [0.25, 0.3) is 0 Å². The number of likely N-dealkylation sites (tertiary alicyclic amines) is 1. The van der Waals surface area contributed by atoms with Gasteiger partial charge >= 0.3 is 6.03 Å². The Morgan fingerprint density at radius 1 is 1.29 bits per heavy atom. The van der Waals surface area contributed by atoms with Gasteiger partial charge in [-0.15, -0.1) is 0 Å². The zero-order valence-electron chi connectivity index (χ0n) is 16.9. The number of aromatic nitrogens is 2. The predicted molar refractivity (Wildman–Crippen MR) is 110 cm³/mol. The van der Waals surface area contributed by atoms with Crippen molar-refractivity contribution in [3.63, 3.8) is 0 Å². The topological polar surface area (TPSA) is 59.4 Å². The van der Waals surface area contributed by atoms with Crippen LogP contribution < -0.4 is 10.1 Å². The van der Waals surface area contributed by atoms with E-state index in [1.807, 2.05) is 36.2 Å². The number of nitrogens with one attached hydrogen (secondary N) is 1. The van der Waals surface area contributed by atoms with Crippen molar-refractivity contribution in [3.8, 4) is 5.75 Å². The van der Waals surface area contributed by atoms with Crippen LogP contribution in [-0.2, 0) is 6.54 Å². The number of rotatable bonds is 5. The molecular formula is C22H30N4O2. The monoisotopic (exact) mass is 382 g/mol. The highest BCUT2D eigenvalue weighted by Gasteiger charge is 2.29. The molecule has 2 amide bonds. The molecule has 1 aliphatic heterocycles. The van der Waals surface area contributed by atoms with E-state index in [-0.39, 0.29) is 6.03 Å². The van der Waals surface area contributed by atoms with Gasteiger partial charge in [0, 0.05) is 37.9 Å². The van der Waals surface area contributed by atoms with Crippen molar-refractivity contribution < 1.29 is 9.53 Å². The number of hydrogen-bond donors (Lipinski definition) is 1. The number of urea groups is 1. The zero-order valence-corrected chi connectivity index (χ0v) is 16.9. The van der Waals surface area contributed by atoms with Crippen LogP contribution in [0.2, 0.25) is 0 Å². The summed E-state index contributed by atoms with van der Waals surface area (Å²) in [7, 11) is 1.62. The Labute approximate surface area is 166 Å². The number of imidazole rings is 1. The van der Waals surface area contributed by atoms with Gasteiger partial charge in [-0.25, -0.2) is 9.78 Å². The average Bonchev–Trinajstić information content (AvgIpc) is 3.13. The van der Waals surface area contributed by atoms with Crippen molar-refractivity contribution in [1.29, 1.82) is 0 Å². The summed E-state index contributed by atoms with van der Waals surface area (Å²) in [5, 5.41) is 3.04. The molecule has 1 aliphatic carbocycles. The molecule has 28 heavy (non-hydrogen) atoms. The number of piperidine rings is 1. The average molecular weight is 383 g/mol. The van der Waals surface area contributed by atoms with E-state index in [0.29, 0.717) is 18.2 Å². The number of amides is 2. The second-order valence-electron chi connectivity index (χ2n) is 8.15. The number of aryl methyl sites for hydroxylation is 1. The van der Waals surface area contributed by atoms with Gasteiger partial charge in [-0.1, -0.05) is 12.5 Å². The van der Waals surface area contributed by atoms with Crippen LogP contribution in [0.25, 0.3) is 0 Å². The zero-order chi connectivity index (χ0) is 19.5. The van der Waals surface area contributed by atoms with Crippen LogP contribution in [0.4, 0.5) is 10.5 Å². The van der Waals surface area contributed by atoms with Crippen LogP contribution in [-0.4, -0.2) is 40.7 Å². The molecule has 6 nitrogen and oxygen atoms in total. The van der Waals surface area contributed by atoms with E-state index in [0.717, 1.165) is 48.9 Å². The number of benzene rings is 1. The molecule has 150 valence electrons. The number of hydrogen-bond acceptors (Lipinski definition) is 3. The molecule has 6 heteroatoms. The van der Waals surface area contributed by atoms with Gasteiger partial charge in [0.05, 0.1) is 12.8 Å². The van der Waals surface area contributed by atoms with Gasteiger partial charge in [-0.2, -0.15) is 0 Å². The second-order valence-corrected chi connectivity index (χ2v) is 8.15. The summed E-state index contributed by atoms with van der Waals surface area (Å²) < 4.78 is 7.71. The first-order valence-electron chi connectivity index (χ1n) is 10.4. The Hall–Kier alpha value is -2.50. The number of anilines is 1. The Kier molecular flexibility index (Phi) is 5.55. The molecule has 1 atom stereocenters. The van der Waals surface area contributed by atoms with Gasteiger partial charge < -0.3 is 19.5 Å². The third-order valence-electron chi connectivity index (χ3n) is 6.10. The van der Waals surface area contributed by atoms with Crippen molar-refractivity contribution in [2.45, 2.75) is 51.5 Å². The smallest absolute Gasteiger partial charge is 0.321 e. The number of nitrogens with zero attached hydrogens (tertiary/aromatic N) is 3. The summed E-state index contributed by atoms with van der Waals surface area (Å²) in [6.45, 7) is 4.56. The van der Waals surface area contributed by atoms with E-state index in [2.05, 4.69) is 21.1 Å². The van der Waals surface area contributed by atoms with Gasteiger partial charge in [-0.3, -0.25) is 0 Å². The number of carbonyl (C=O) groups is 1. The standard InChI is InChI=1S/C22H30N4O2/c1-16-8-9-20(28-2)19(13-16)24-22(27)26-11-4-7-18(15-26)21-23-10-12-25(21)14-17-5-3-6-17/h8-10,12-13,17-18H,3-7,11,14-15H2,1-2H3,(H,24,27)/t18-/m1/s1. The first kappa shape index (κ1) is 18.8. The Morgan fingerprint density at radius 3 is 2.89 bits per heavy atom. The number of carbonyl (C=O) groups excluding carboxylic acids is 1. The number of ether oxygens (including phenoxy) is 1. The minimum Gasteiger partial charge on any atom is -0.495 e. The highest BCUT2D eigenvalue weighted by Crippen LogP contribution is 2.32. The lowest BCUT2D eigenvalue weighted by molar-refractivity contribution is 0.189. The van der Waals surface area contributed by atoms with E-state index < -0.39 is 0 Å². The maximum Gasteiger partial charge on any atom is 0.321 e. The van der Waals surface area contributed by atoms with E-state index in [4.69, 9.17) is 4.74 Å². The second kappa shape index (κ2) is 8.25. The quantitative estimate of drug-likeness (QED) is 0.833. The SMILES string of the molecule is COc1ccc(C)cc1NC(=O)N1CCC[C@@H](c2nccn2CC2CCC2)C1. The van der Waals surface area contributed by atoms with Crippen LogP contribution in [0.1, 0.15) is 49.4 Å². The van der Waals surface area contributed by atoms with E-state index in [1.165, 1.54) is 19.3 Å². The van der Waals surface area contributed by atoms with Crippen LogP contribution in [0.5, 0.6) is 5.75 Å². The maximum atomic E-state index is 12.9. The fourth-order valence-electron chi connectivity index (χ4n) is 4.27. The molecule has 2 heterocycles. The van der Waals surface area contributed by atoms with E-state index in [9.17, 15) is 4.79 Å². The third kappa shape index (κ3) is 4.01. The lowest BCUT2D eigenvalue weighted by Crippen LogP contribution is -2.42. The largest absolute Gasteiger partial charge is 0.495 e. The van der Waals surface area contributed by atoms with Gasteiger partial charge in [0.2, 0.25) is 0 Å². The molecule has 1 N–H and O–H groups in total. The minimum atomic E-state index is -0.0642. The van der Waals surface area contributed by atoms with E-state index >= 15 is 0 Å². The molecular weight excluding hydrogens is 352 g/mol. The van der Waals surface area contributed by atoms with Crippen LogP contribution in [0.3, 0.4) is 0 Å². The first-order valence-corrected chi connectivity index (χ1v) is 10.4. The predicted octanol–water partition coefficient (Wildman–Crippen LogP) is 4.41. The fraction of sp³-hybridized carbons (Fsp3) is 0.545. The Balaban J connectivity index is 1.43. The molecule has 0 bridgehead atoms. The molecule has 1 saturated carbocycles.